The summed E-state index contributed by atoms with van der Waals surface area (Å²) in [5.41, 5.74) is 5.18. The van der Waals surface area contributed by atoms with E-state index in [1.807, 2.05) is 19.1 Å². The Bertz CT molecular complexity index is 655. The van der Waals surface area contributed by atoms with Gasteiger partial charge in [-0.2, -0.15) is 0 Å². The average Bonchev–Trinajstić information content (AvgIpc) is 3.02. The van der Waals surface area contributed by atoms with Crippen LogP contribution in [0, 0.1) is 6.92 Å². The van der Waals surface area contributed by atoms with Gasteiger partial charge in [0, 0.05) is 29.1 Å². The average molecular weight is 289 g/mol. The first kappa shape index (κ1) is 14.1. The Kier molecular flexibility index (Phi) is 4.37. The van der Waals surface area contributed by atoms with Gasteiger partial charge in [0.2, 0.25) is 0 Å². The van der Waals surface area contributed by atoms with E-state index < -0.39 is 0 Å². The molecule has 0 fully saturated rings. The maximum atomic E-state index is 11.7. The molecule has 2 aromatic rings. The first-order valence-corrected chi connectivity index (χ1v) is 6.84. The third-order valence-corrected chi connectivity index (χ3v) is 3.60. The highest BCUT2D eigenvalue weighted by molar-refractivity contribution is 7.12. The first-order chi connectivity index (χ1) is 9.56. The van der Waals surface area contributed by atoms with E-state index in [1.165, 1.54) is 11.0 Å². The number of aryl methyl sites for hydroxylation is 2. The van der Waals surface area contributed by atoms with Crippen molar-refractivity contribution in [2.24, 2.45) is 7.05 Å². The van der Waals surface area contributed by atoms with Crippen molar-refractivity contribution in [1.29, 1.82) is 0 Å². The maximum Gasteiger partial charge on any atom is 0.286 e. The second-order valence-corrected chi connectivity index (χ2v) is 5.55. The molecule has 2 amide bonds. The fraction of sp³-hybridized carbons (Fsp3) is 0.143. The van der Waals surface area contributed by atoms with Gasteiger partial charge in [0.05, 0.1) is 0 Å². The number of carbonyl (C=O) groups excluding carboxylic acids is 2. The smallest absolute Gasteiger partial charge is 0.286 e. The van der Waals surface area contributed by atoms with Crippen molar-refractivity contribution in [3.63, 3.8) is 0 Å². The van der Waals surface area contributed by atoms with Crippen LogP contribution in [0.25, 0.3) is 6.08 Å². The lowest BCUT2D eigenvalue weighted by Crippen LogP contribution is -2.41. The van der Waals surface area contributed by atoms with Gasteiger partial charge in [-0.25, -0.2) is 0 Å². The molecule has 104 valence electrons. The van der Waals surface area contributed by atoms with E-state index in [9.17, 15) is 9.59 Å². The van der Waals surface area contributed by atoms with Crippen LogP contribution in [-0.4, -0.2) is 16.4 Å². The monoisotopic (exact) mass is 289 g/mol. The molecule has 0 bridgehead atoms. The molecule has 2 heterocycles. The number of carbonyl (C=O) groups is 2. The lowest BCUT2D eigenvalue weighted by Gasteiger charge is -2.05. The molecule has 0 radical (unpaired) electrons. The highest BCUT2D eigenvalue weighted by Gasteiger charge is 2.08. The second-order valence-electron chi connectivity index (χ2n) is 4.23. The van der Waals surface area contributed by atoms with Crippen molar-refractivity contribution in [3.8, 4) is 0 Å². The topological polar surface area (TPSA) is 63.1 Å². The summed E-state index contributed by atoms with van der Waals surface area (Å²) in [4.78, 5) is 25.5. The van der Waals surface area contributed by atoms with Gasteiger partial charge in [0.1, 0.15) is 5.69 Å². The van der Waals surface area contributed by atoms with E-state index in [1.54, 1.807) is 47.4 Å². The zero-order valence-electron chi connectivity index (χ0n) is 11.2. The van der Waals surface area contributed by atoms with Gasteiger partial charge in [0.25, 0.3) is 11.8 Å². The summed E-state index contributed by atoms with van der Waals surface area (Å²) >= 11 is 1.60. The lowest BCUT2D eigenvalue weighted by atomic mass is 10.4. The summed E-state index contributed by atoms with van der Waals surface area (Å²) in [6.07, 6.45) is 4.86. The molecule has 20 heavy (non-hydrogen) atoms. The third kappa shape index (κ3) is 3.58. The molecule has 5 nitrogen and oxygen atoms in total. The highest BCUT2D eigenvalue weighted by Crippen LogP contribution is 2.16. The molecule has 0 aromatic carbocycles. The molecular weight excluding hydrogens is 274 g/mol. The van der Waals surface area contributed by atoms with Gasteiger partial charge in [-0.3, -0.25) is 20.4 Å². The molecule has 2 N–H and O–H groups in total. The molecular formula is C14H15N3O2S. The Hall–Kier alpha value is -2.34. The Balaban J connectivity index is 1.85. The Morgan fingerprint density at radius 1 is 1.25 bits per heavy atom. The van der Waals surface area contributed by atoms with Gasteiger partial charge in [-0.15, -0.1) is 11.3 Å². The van der Waals surface area contributed by atoms with Gasteiger partial charge in [0.15, 0.2) is 0 Å². The highest BCUT2D eigenvalue weighted by atomic mass is 32.1. The van der Waals surface area contributed by atoms with Gasteiger partial charge < -0.3 is 4.57 Å². The molecule has 0 atom stereocenters. The summed E-state index contributed by atoms with van der Waals surface area (Å²) in [5, 5.41) is 0. The lowest BCUT2D eigenvalue weighted by molar-refractivity contribution is -0.117. The van der Waals surface area contributed by atoms with Crippen LogP contribution in [0.15, 0.2) is 36.5 Å². The number of amides is 2. The van der Waals surface area contributed by atoms with Crippen molar-refractivity contribution < 1.29 is 9.59 Å². The predicted molar refractivity (Wildman–Crippen MR) is 79.1 cm³/mol. The number of thiophene rings is 1. The van der Waals surface area contributed by atoms with Gasteiger partial charge in [-0.05, 0) is 37.3 Å². The summed E-state index contributed by atoms with van der Waals surface area (Å²) in [7, 11) is 1.76. The van der Waals surface area contributed by atoms with Crippen LogP contribution in [0.4, 0.5) is 0 Å². The zero-order valence-corrected chi connectivity index (χ0v) is 12.0. The number of hydrogen-bond donors (Lipinski definition) is 2. The minimum atomic E-state index is -0.376. The van der Waals surface area contributed by atoms with Crippen LogP contribution in [0.1, 0.15) is 20.2 Å². The van der Waals surface area contributed by atoms with Gasteiger partial charge in [-0.1, -0.05) is 0 Å². The minimum absolute atomic E-state index is 0.355. The van der Waals surface area contributed by atoms with Crippen molar-refractivity contribution in [1.82, 2.24) is 15.4 Å². The number of nitrogens with one attached hydrogen (secondary N) is 2. The summed E-state index contributed by atoms with van der Waals surface area (Å²) in [6, 6.07) is 7.35. The number of hydrogen-bond acceptors (Lipinski definition) is 3. The molecule has 0 saturated heterocycles. The van der Waals surface area contributed by atoms with Crippen molar-refractivity contribution in [2.75, 3.05) is 0 Å². The van der Waals surface area contributed by atoms with Crippen LogP contribution in [0.3, 0.4) is 0 Å². The van der Waals surface area contributed by atoms with E-state index in [-0.39, 0.29) is 11.8 Å². The van der Waals surface area contributed by atoms with Gasteiger partial charge >= 0.3 is 0 Å². The molecule has 6 heteroatoms. The molecule has 0 aliphatic heterocycles. The normalized spacial score (nSPS) is 10.7. The molecule has 2 rings (SSSR count). The standard InChI is InChI=1S/C14H15N3O2S/c1-10-5-6-11(20-10)7-8-13(18)15-16-14(19)12-4-3-9-17(12)2/h3-9H,1-2H3,(H,15,18)(H,16,19). The van der Waals surface area contributed by atoms with E-state index in [0.717, 1.165) is 4.88 Å². The zero-order chi connectivity index (χ0) is 14.5. The van der Waals surface area contributed by atoms with Crippen molar-refractivity contribution in [3.05, 3.63) is 52.0 Å². The van der Waals surface area contributed by atoms with E-state index >= 15 is 0 Å². The SMILES string of the molecule is Cc1ccc(C=CC(=O)NNC(=O)c2cccn2C)s1. The molecule has 0 aliphatic carbocycles. The van der Waals surface area contributed by atoms with E-state index in [0.29, 0.717) is 5.69 Å². The van der Waals surface area contributed by atoms with Crippen molar-refractivity contribution >= 4 is 29.2 Å². The number of nitrogens with zero attached hydrogens (tertiary/aromatic N) is 1. The summed E-state index contributed by atoms with van der Waals surface area (Å²) < 4.78 is 1.67. The van der Waals surface area contributed by atoms with Crippen molar-refractivity contribution in [2.45, 2.75) is 6.92 Å². The van der Waals surface area contributed by atoms with Crippen LogP contribution in [0.2, 0.25) is 0 Å². The molecule has 0 unspecified atom stereocenters. The fourth-order valence-corrected chi connectivity index (χ4v) is 2.40. The van der Waals surface area contributed by atoms with E-state index in [4.69, 9.17) is 0 Å². The minimum Gasteiger partial charge on any atom is -0.347 e. The fourth-order valence-electron chi connectivity index (χ4n) is 1.62. The number of hydrazine groups is 1. The predicted octanol–water partition coefficient (Wildman–Crippen LogP) is 1.87. The second kappa shape index (κ2) is 6.21. The quantitative estimate of drug-likeness (QED) is 0.669. The molecule has 0 saturated carbocycles. The van der Waals surface area contributed by atoms with Crippen LogP contribution in [-0.2, 0) is 11.8 Å². The molecule has 0 aliphatic rings. The Morgan fingerprint density at radius 3 is 2.65 bits per heavy atom. The largest absolute Gasteiger partial charge is 0.347 e. The van der Waals surface area contributed by atoms with Crippen LogP contribution < -0.4 is 10.9 Å². The number of rotatable bonds is 3. The van der Waals surface area contributed by atoms with E-state index in [2.05, 4.69) is 10.9 Å². The summed E-state index contributed by atoms with van der Waals surface area (Å²) in [5.74, 6) is -0.732. The summed E-state index contributed by atoms with van der Waals surface area (Å²) in [6.45, 7) is 2.00. The third-order valence-electron chi connectivity index (χ3n) is 2.64. The first-order valence-electron chi connectivity index (χ1n) is 6.02. The Labute approximate surface area is 120 Å². The number of aromatic nitrogens is 1. The van der Waals surface area contributed by atoms with Crippen LogP contribution in [0.5, 0.6) is 0 Å². The maximum absolute atomic E-state index is 11.7. The molecule has 0 spiro atoms. The molecule has 2 aromatic heterocycles. The Morgan fingerprint density at radius 2 is 2.05 bits per heavy atom. The van der Waals surface area contributed by atoms with Crippen LogP contribution >= 0.6 is 11.3 Å².